The van der Waals surface area contributed by atoms with E-state index in [1.165, 1.54) is 65.2 Å². The van der Waals surface area contributed by atoms with Gasteiger partial charge < -0.3 is 56.2 Å². The van der Waals surface area contributed by atoms with Gasteiger partial charge in [0.1, 0.15) is 53.6 Å². The number of unbranched alkanes of at least 4 members (excludes halogenated alkanes) is 4. The zero-order valence-electron chi connectivity index (χ0n) is 39.6. The fourth-order valence-corrected chi connectivity index (χ4v) is 8.65. The Balaban J connectivity index is 1.62. The second-order valence-electron chi connectivity index (χ2n) is 17.9. The van der Waals surface area contributed by atoms with E-state index in [0.29, 0.717) is 29.5 Å². The van der Waals surface area contributed by atoms with E-state index in [4.69, 9.17) is 0 Å². The third kappa shape index (κ3) is 15.2. The quantitative estimate of drug-likeness (QED) is 0.0569. The minimum atomic E-state index is -1.50. The molecule has 0 aliphatic carbocycles. The molecule has 7 atom stereocenters. The smallest absolute Gasteiger partial charge is 0.326 e. The van der Waals surface area contributed by atoms with Crippen LogP contribution in [-0.4, -0.2) is 146 Å². The van der Waals surface area contributed by atoms with Crippen LogP contribution in [0.25, 0.3) is 0 Å². The van der Waals surface area contributed by atoms with E-state index in [1.807, 2.05) is 0 Å². The van der Waals surface area contributed by atoms with Gasteiger partial charge in [-0.1, -0.05) is 89.3 Å². The summed E-state index contributed by atoms with van der Waals surface area (Å²) in [4.78, 5) is 88.1. The van der Waals surface area contributed by atoms with Crippen LogP contribution in [0.1, 0.15) is 88.8 Å². The summed E-state index contributed by atoms with van der Waals surface area (Å²) in [5.41, 5.74) is 1.72. The second-order valence-corrected chi connectivity index (χ2v) is 17.9. The van der Waals surface area contributed by atoms with Crippen molar-refractivity contribution >= 4 is 35.5 Å². The molecule has 1 heterocycles. The number of hydrogen-bond acceptors (Lipinski definition) is 11. The number of hydrogen-bond donors (Lipinski definition) is 8. The van der Waals surface area contributed by atoms with Crippen LogP contribution in [0, 0.1) is 5.92 Å². The average Bonchev–Trinajstić information content (AvgIpc) is 3.80. The Kier molecular flexibility index (Phi) is 20.4. The Hall–Kier alpha value is -6.20. The summed E-state index contributed by atoms with van der Waals surface area (Å²) in [6.45, 7) is 5.74. The van der Waals surface area contributed by atoms with Crippen LogP contribution >= 0.6 is 0 Å². The van der Waals surface area contributed by atoms with Gasteiger partial charge in [-0.25, -0.2) is 4.79 Å². The Labute approximate surface area is 393 Å². The minimum Gasteiger partial charge on any atom is -0.508 e. The van der Waals surface area contributed by atoms with E-state index in [-0.39, 0.29) is 49.5 Å². The highest BCUT2D eigenvalue weighted by Crippen LogP contribution is 2.25. The molecule has 1 saturated heterocycles. The van der Waals surface area contributed by atoms with Crippen molar-refractivity contribution in [2.75, 3.05) is 27.7 Å². The third-order valence-corrected chi connectivity index (χ3v) is 12.6. The van der Waals surface area contributed by atoms with Crippen LogP contribution in [0.5, 0.6) is 17.2 Å². The first-order valence-corrected chi connectivity index (χ1v) is 23.2. The molecular formula is C50H70N6O11. The highest BCUT2D eigenvalue weighted by atomic mass is 16.4. The molecule has 0 bridgehead atoms. The van der Waals surface area contributed by atoms with Gasteiger partial charge in [0.05, 0.1) is 0 Å². The van der Waals surface area contributed by atoms with Crippen LogP contribution in [0.3, 0.4) is 0 Å². The van der Waals surface area contributed by atoms with Gasteiger partial charge in [0.2, 0.25) is 23.6 Å². The SMILES string of the molecule is CCCCCCC[C@H](NC)[C@H](O)C(=O)N[C@@H](Cc1ccc(O)cc1)C(=O)N(C)[C@H](C(=O)N(C)[C@@H](Cc1ccc(O)cc1)C(=O)N1CCC[C@H]1C(=O)NC(Cc1ccc(O)cc1)C(=O)O)C(C)C. The molecule has 4 rings (SSSR count). The number of phenolic OH excluding ortho intramolecular Hbond substituents is 3. The standard InChI is InChI=1S/C50H70N6O11/c1-7-8-9-10-11-13-38(51-4)44(60)46(62)52-39(28-32-15-21-35(57)22-16-32)47(63)55(6)43(31(2)3)49(65)54(5)42(30-34-19-25-37(59)26-20-34)48(64)56-27-12-14-41(56)45(61)53-40(50(66)67)29-33-17-23-36(58)24-18-33/h15-26,31,38-44,51,57-60H,7-14,27-30H2,1-6H3,(H,52,62)(H,53,61)(H,66,67)/t38-,39-,40?,41-,42-,43-,44-/m0/s1. The van der Waals surface area contributed by atoms with E-state index in [0.717, 1.165) is 32.1 Å². The van der Waals surface area contributed by atoms with Crippen molar-refractivity contribution < 1.29 is 54.3 Å². The highest BCUT2D eigenvalue weighted by molar-refractivity contribution is 5.97. The molecule has 0 spiro atoms. The number of carboxylic acids is 1. The van der Waals surface area contributed by atoms with Crippen LogP contribution < -0.4 is 16.0 Å². The average molecular weight is 931 g/mol. The Bertz CT molecular complexity index is 2100. The summed E-state index contributed by atoms with van der Waals surface area (Å²) < 4.78 is 0. The van der Waals surface area contributed by atoms with Crippen molar-refractivity contribution in [3.05, 3.63) is 89.5 Å². The molecule has 5 amide bonds. The maximum absolute atomic E-state index is 14.9. The molecule has 3 aromatic carbocycles. The number of aliphatic hydroxyl groups excluding tert-OH is 1. The number of likely N-dealkylation sites (N-methyl/N-ethyl adjacent to an activating group) is 3. The predicted molar refractivity (Wildman–Crippen MR) is 252 cm³/mol. The normalized spacial score (nSPS) is 16.3. The summed E-state index contributed by atoms with van der Waals surface area (Å²) >= 11 is 0. The number of aromatic hydroxyl groups is 3. The van der Waals surface area contributed by atoms with Gasteiger partial charge in [0.25, 0.3) is 5.91 Å². The zero-order chi connectivity index (χ0) is 49.4. The van der Waals surface area contributed by atoms with Crippen LogP contribution in [0.4, 0.5) is 0 Å². The number of amides is 5. The maximum atomic E-state index is 14.9. The number of carbonyl (C=O) groups is 6. The topological polar surface area (TPSA) is 249 Å². The number of benzene rings is 3. The molecule has 1 unspecified atom stereocenters. The van der Waals surface area contributed by atoms with Crippen LogP contribution in [0.2, 0.25) is 0 Å². The minimum absolute atomic E-state index is 0.000128. The summed E-state index contributed by atoms with van der Waals surface area (Å²) in [6, 6.07) is 11.5. The summed E-state index contributed by atoms with van der Waals surface area (Å²) in [7, 11) is 4.53. The van der Waals surface area contributed by atoms with Gasteiger partial charge in [0.15, 0.2) is 0 Å². The third-order valence-electron chi connectivity index (χ3n) is 12.6. The molecular weight excluding hydrogens is 861 g/mol. The number of phenols is 3. The van der Waals surface area contributed by atoms with Crippen molar-refractivity contribution in [2.45, 2.75) is 134 Å². The zero-order valence-corrected chi connectivity index (χ0v) is 39.6. The van der Waals surface area contributed by atoms with Gasteiger partial charge in [-0.3, -0.25) is 24.0 Å². The van der Waals surface area contributed by atoms with E-state index < -0.39 is 83.8 Å². The van der Waals surface area contributed by atoms with Gasteiger partial charge in [-0.05, 0) is 85.3 Å². The molecule has 0 radical (unpaired) electrons. The highest BCUT2D eigenvalue weighted by Gasteiger charge is 2.43. The fraction of sp³-hybridized carbons (Fsp3) is 0.520. The first-order valence-electron chi connectivity index (χ1n) is 23.2. The first-order chi connectivity index (χ1) is 31.9. The molecule has 1 aliphatic heterocycles. The molecule has 17 heteroatoms. The molecule has 366 valence electrons. The van der Waals surface area contributed by atoms with Crippen molar-refractivity contribution in [2.24, 2.45) is 5.92 Å². The number of aliphatic carboxylic acids is 1. The number of likely N-dealkylation sites (tertiary alicyclic amines) is 1. The second kappa shape index (κ2) is 25.6. The number of carbonyl (C=O) groups excluding carboxylic acids is 5. The molecule has 1 aliphatic rings. The lowest BCUT2D eigenvalue weighted by Crippen LogP contribution is -2.61. The lowest BCUT2D eigenvalue weighted by molar-refractivity contribution is -0.153. The van der Waals surface area contributed by atoms with Crippen molar-refractivity contribution in [3.8, 4) is 17.2 Å². The number of nitrogens with one attached hydrogen (secondary N) is 3. The molecule has 0 aromatic heterocycles. The van der Waals surface area contributed by atoms with Crippen molar-refractivity contribution in [3.63, 3.8) is 0 Å². The predicted octanol–water partition coefficient (Wildman–Crippen LogP) is 3.50. The van der Waals surface area contributed by atoms with Crippen molar-refractivity contribution in [1.82, 2.24) is 30.7 Å². The Morgan fingerprint density at radius 1 is 0.701 bits per heavy atom. The number of aliphatic hydroxyl groups is 1. The monoisotopic (exact) mass is 931 g/mol. The molecule has 67 heavy (non-hydrogen) atoms. The fourth-order valence-electron chi connectivity index (χ4n) is 8.65. The van der Waals surface area contributed by atoms with Gasteiger partial charge in [0, 0.05) is 45.9 Å². The molecule has 1 fully saturated rings. The number of carboxylic acid groups (broad SMARTS) is 1. The van der Waals surface area contributed by atoms with Crippen LogP contribution in [0.15, 0.2) is 72.8 Å². The maximum Gasteiger partial charge on any atom is 0.326 e. The Morgan fingerprint density at radius 2 is 1.21 bits per heavy atom. The van der Waals surface area contributed by atoms with Gasteiger partial charge in [-0.15, -0.1) is 0 Å². The van der Waals surface area contributed by atoms with E-state index in [2.05, 4.69) is 22.9 Å². The molecule has 8 N–H and O–H groups in total. The van der Waals surface area contributed by atoms with E-state index in [9.17, 15) is 54.3 Å². The summed E-state index contributed by atoms with van der Waals surface area (Å²) in [5.74, 6) is -5.14. The van der Waals surface area contributed by atoms with E-state index in [1.54, 1.807) is 57.3 Å². The largest absolute Gasteiger partial charge is 0.508 e. The van der Waals surface area contributed by atoms with E-state index >= 15 is 0 Å². The van der Waals surface area contributed by atoms with Gasteiger partial charge >= 0.3 is 5.97 Å². The lowest BCUT2D eigenvalue weighted by Gasteiger charge is -2.39. The number of nitrogens with zero attached hydrogens (tertiary/aromatic N) is 3. The summed E-state index contributed by atoms with van der Waals surface area (Å²) in [5, 5.41) is 59.3. The first kappa shape index (κ1) is 53.4. The van der Waals surface area contributed by atoms with Crippen LogP contribution in [-0.2, 0) is 48.0 Å². The van der Waals surface area contributed by atoms with Gasteiger partial charge in [-0.2, -0.15) is 0 Å². The number of rotatable bonds is 25. The molecule has 3 aromatic rings. The van der Waals surface area contributed by atoms with Crippen molar-refractivity contribution in [1.29, 1.82) is 0 Å². The molecule has 17 nitrogen and oxygen atoms in total. The lowest BCUT2D eigenvalue weighted by atomic mass is 9.96. The molecule has 0 saturated carbocycles. The Morgan fingerprint density at radius 3 is 1.70 bits per heavy atom. The summed E-state index contributed by atoms with van der Waals surface area (Å²) in [6.07, 6.45) is 4.44.